The van der Waals surface area contributed by atoms with Crippen molar-refractivity contribution in [2.75, 3.05) is 7.11 Å². The molecular weight excluding hydrogens is 224 g/mol. The largest absolute Gasteiger partial charge is 0.465 e. The van der Waals surface area contributed by atoms with Crippen LogP contribution < -0.4 is 0 Å². The maximum absolute atomic E-state index is 11.7. The highest BCUT2D eigenvalue weighted by Gasteiger charge is 2.47. The highest BCUT2D eigenvalue weighted by molar-refractivity contribution is 7.10. The molecule has 1 aromatic rings. The van der Waals surface area contributed by atoms with Gasteiger partial charge in [0.2, 0.25) is 0 Å². The number of esters is 1. The summed E-state index contributed by atoms with van der Waals surface area (Å²) < 4.78 is 10.8. The summed E-state index contributed by atoms with van der Waals surface area (Å²) in [7, 11) is 1.40. The van der Waals surface area contributed by atoms with E-state index < -0.39 is 5.60 Å². The fourth-order valence-corrected chi connectivity index (χ4v) is 3.64. The van der Waals surface area contributed by atoms with E-state index >= 15 is 0 Å². The molecular formula is C12H16O3S. The van der Waals surface area contributed by atoms with Crippen molar-refractivity contribution in [3.05, 3.63) is 21.4 Å². The van der Waals surface area contributed by atoms with E-state index in [0.717, 1.165) is 10.4 Å². The van der Waals surface area contributed by atoms with Gasteiger partial charge in [-0.15, -0.1) is 11.3 Å². The van der Waals surface area contributed by atoms with E-state index in [2.05, 4.69) is 0 Å². The number of methoxy groups -OCH3 is 1. The maximum Gasteiger partial charge on any atom is 0.339 e. The SMILES string of the molecule is COC(=O)c1csc2c1C(C)(C)OC2(C)C. The van der Waals surface area contributed by atoms with Crippen molar-refractivity contribution < 1.29 is 14.3 Å². The molecule has 2 rings (SSSR count). The fourth-order valence-electron chi connectivity index (χ4n) is 2.39. The van der Waals surface area contributed by atoms with Gasteiger partial charge in [0.05, 0.1) is 23.9 Å². The number of hydrogen-bond donors (Lipinski definition) is 0. The Morgan fingerprint density at radius 3 is 2.50 bits per heavy atom. The van der Waals surface area contributed by atoms with Crippen LogP contribution in [0.15, 0.2) is 5.38 Å². The zero-order chi connectivity index (χ0) is 12.1. The highest BCUT2D eigenvalue weighted by Crippen LogP contribution is 2.51. The van der Waals surface area contributed by atoms with Crippen molar-refractivity contribution in [3.63, 3.8) is 0 Å². The Labute approximate surface area is 99.4 Å². The minimum Gasteiger partial charge on any atom is -0.465 e. The van der Waals surface area contributed by atoms with Crippen molar-refractivity contribution in [1.82, 2.24) is 0 Å². The molecule has 0 aliphatic carbocycles. The summed E-state index contributed by atoms with van der Waals surface area (Å²) in [5, 5.41) is 1.86. The molecule has 0 saturated heterocycles. The van der Waals surface area contributed by atoms with E-state index in [1.807, 2.05) is 33.1 Å². The number of rotatable bonds is 1. The van der Waals surface area contributed by atoms with E-state index in [-0.39, 0.29) is 11.6 Å². The van der Waals surface area contributed by atoms with Crippen molar-refractivity contribution in [1.29, 1.82) is 0 Å². The Morgan fingerprint density at radius 2 is 1.94 bits per heavy atom. The lowest BCUT2D eigenvalue weighted by atomic mass is 9.94. The lowest BCUT2D eigenvalue weighted by molar-refractivity contribution is -0.104. The predicted octanol–water partition coefficient (Wildman–Crippen LogP) is 3.04. The second-order valence-corrected chi connectivity index (χ2v) is 5.85. The van der Waals surface area contributed by atoms with E-state index in [4.69, 9.17) is 9.47 Å². The number of hydrogen-bond acceptors (Lipinski definition) is 4. The fraction of sp³-hybridized carbons (Fsp3) is 0.583. The summed E-state index contributed by atoms with van der Waals surface area (Å²) in [6.07, 6.45) is 0. The van der Waals surface area contributed by atoms with Gasteiger partial charge in [-0.2, -0.15) is 0 Å². The van der Waals surface area contributed by atoms with Crippen LogP contribution in [0.1, 0.15) is 48.5 Å². The first-order chi connectivity index (χ1) is 7.29. The smallest absolute Gasteiger partial charge is 0.339 e. The van der Waals surface area contributed by atoms with E-state index in [1.165, 1.54) is 7.11 Å². The van der Waals surface area contributed by atoms with Crippen LogP contribution in [0.5, 0.6) is 0 Å². The van der Waals surface area contributed by atoms with Gasteiger partial charge in [-0.1, -0.05) is 0 Å². The molecule has 0 unspecified atom stereocenters. The summed E-state index contributed by atoms with van der Waals surface area (Å²) in [4.78, 5) is 12.8. The molecule has 1 aliphatic rings. The first-order valence-corrected chi connectivity index (χ1v) is 6.08. The zero-order valence-electron chi connectivity index (χ0n) is 10.2. The monoisotopic (exact) mass is 240 g/mol. The number of carbonyl (C=O) groups is 1. The normalized spacial score (nSPS) is 20.6. The Bertz CT molecular complexity index is 443. The van der Waals surface area contributed by atoms with Gasteiger partial charge in [0.1, 0.15) is 0 Å². The molecule has 0 bridgehead atoms. The molecule has 0 radical (unpaired) electrons. The van der Waals surface area contributed by atoms with Crippen LogP contribution in [0.4, 0.5) is 0 Å². The predicted molar refractivity (Wildman–Crippen MR) is 62.8 cm³/mol. The average Bonchev–Trinajstić information content (AvgIpc) is 2.65. The lowest BCUT2D eigenvalue weighted by Gasteiger charge is -2.25. The van der Waals surface area contributed by atoms with E-state index in [0.29, 0.717) is 5.56 Å². The van der Waals surface area contributed by atoms with Gasteiger partial charge in [-0.05, 0) is 27.7 Å². The Morgan fingerprint density at radius 1 is 1.31 bits per heavy atom. The molecule has 3 nitrogen and oxygen atoms in total. The van der Waals surface area contributed by atoms with Crippen LogP contribution in [-0.2, 0) is 20.7 Å². The molecule has 1 aromatic heterocycles. The van der Waals surface area contributed by atoms with Crippen molar-refractivity contribution in [2.45, 2.75) is 38.9 Å². The minimum atomic E-state index is -0.428. The molecule has 0 atom stereocenters. The van der Waals surface area contributed by atoms with E-state index in [9.17, 15) is 4.79 Å². The van der Waals surface area contributed by atoms with Crippen LogP contribution in [0, 0.1) is 0 Å². The maximum atomic E-state index is 11.7. The third-order valence-corrected chi connectivity index (χ3v) is 4.14. The molecule has 88 valence electrons. The molecule has 0 aromatic carbocycles. The van der Waals surface area contributed by atoms with Gasteiger partial charge in [0.15, 0.2) is 0 Å². The van der Waals surface area contributed by atoms with Gasteiger partial charge in [0, 0.05) is 15.8 Å². The molecule has 0 spiro atoms. The Hall–Kier alpha value is -0.870. The standard InChI is InChI=1S/C12H16O3S/c1-11(2)8-7(10(13)14-5)6-16-9(8)12(3,4)15-11/h6H,1-5H3. The minimum absolute atomic E-state index is 0.285. The van der Waals surface area contributed by atoms with Crippen molar-refractivity contribution in [3.8, 4) is 0 Å². The third kappa shape index (κ3) is 1.48. The zero-order valence-corrected chi connectivity index (χ0v) is 11.0. The van der Waals surface area contributed by atoms with Crippen LogP contribution >= 0.6 is 11.3 Å². The van der Waals surface area contributed by atoms with Crippen LogP contribution in [0.2, 0.25) is 0 Å². The van der Waals surface area contributed by atoms with Crippen LogP contribution in [0.25, 0.3) is 0 Å². The van der Waals surface area contributed by atoms with Crippen LogP contribution in [0.3, 0.4) is 0 Å². The van der Waals surface area contributed by atoms with E-state index in [1.54, 1.807) is 11.3 Å². The third-order valence-electron chi connectivity index (χ3n) is 2.86. The van der Waals surface area contributed by atoms with Crippen LogP contribution in [-0.4, -0.2) is 13.1 Å². The summed E-state index contributed by atoms with van der Waals surface area (Å²) >= 11 is 1.57. The number of thiophene rings is 1. The first kappa shape index (κ1) is 11.6. The highest BCUT2D eigenvalue weighted by atomic mass is 32.1. The first-order valence-electron chi connectivity index (χ1n) is 5.20. The Balaban J connectivity index is 2.61. The quantitative estimate of drug-likeness (QED) is 0.708. The number of carbonyl (C=O) groups excluding carboxylic acids is 1. The van der Waals surface area contributed by atoms with Gasteiger partial charge >= 0.3 is 5.97 Å². The second-order valence-electron chi connectivity index (χ2n) is 4.97. The summed E-state index contributed by atoms with van der Waals surface area (Å²) in [5.74, 6) is -0.285. The Kier molecular flexibility index (Phi) is 2.40. The van der Waals surface area contributed by atoms with Crippen molar-refractivity contribution >= 4 is 17.3 Å². The summed E-state index contributed by atoms with van der Waals surface area (Å²) in [5.41, 5.74) is 0.866. The number of fused-ring (bicyclic) bond motifs is 1. The average molecular weight is 240 g/mol. The molecule has 0 saturated carbocycles. The van der Waals surface area contributed by atoms with Gasteiger partial charge < -0.3 is 9.47 Å². The molecule has 0 amide bonds. The lowest BCUT2D eigenvalue weighted by Crippen LogP contribution is -2.23. The molecule has 0 N–H and O–H groups in total. The van der Waals surface area contributed by atoms with Gasteiger partial charge in [0.25, 0.3) is 0 Å². The topological polar surface area (TPSA) is 35.5 Å². The molecule has 4 heteroatoms. The van der Waals surface area contributed by atoms with Gasteiger partial charge in [-0.25, -0.2) is 4.79 Å². The molecule has 2 heterocycles. The van der Waals surface area contributed by atoms with Crippen molar-refractivity contribution in [2.24, 2.45) is 0 Å². The second kappa shape index (κ2) is 3.31. The molecule has 0 fully saturated rings. The summed E-state index contributed by atoms with van der Waals surface area (Å²) in [6.45, 7) is 8.02. The van der Waals surface area contributed by atoms with Gasteiger partial charge in [-0.3, -0.25) is 0 Å². The summed E-state index contributed by atoms with van der Waals surface area (Å²) in [6, 6.07) is 0. The molecule has 16 heavy (non-hydrogen) atoms. The number of ether oxygens (including phenoxy) is 2. The molecule has 1 aliphatic heterocycles.